The SMILES string of the molecule is COC(=O)c1ccc(CN2CC3CCCN3C[C@H]2C)cc1. The maximum Gasteiger partial charge on any atom is 0.337 e. The Morgan fingerprint density at radius 2 is 2.05 bits per heavy atom. The quantitative estimate of drug-likeness (QED) is 0.798. The number of nitrogens with zero attached hydrogens (tertiary/aromatic N) is 2. The standard InChI is InChI=1S/C17H24N2O2/c1-13-10-18-9-3-4-16(18)12-19(13)11-14-5-7-15(8-6-14)17(20)21-2/h5-8,13,16H,3-4,9-12H2,1-2H3/t13-,16?/m1/s1. The largest absolute Gasteiger partial charge is 0.465 e. The molecular formula is C17H24N2O2. The molecule has 0 amide bonds. The van der Waals surface area contributed by atoms with Gasteiger partial charge in [-0.25, -0.2) is 4.79 Å². The lowest BCUT2D eigenvalue weighted by atomic mass is 10.1. The summed E-state index contributed by atoms with van der Waals surface area (Å²) in [7, 11) is 1.42. The Hall–Kier alpha value is -1.39. The van der Waals surface area contributed by atoms with Gasteiger partial charge in [-0.15, -0.1) is 0 Å². The van der Waals surface area contributed by atoms with Crippen LogP contribution in [0.4, 0.5) is 0 Å². The lowest BCUT2D eigenvalue weighted by molar-refractivity contribution is 0.0540. The van der Waals surface area contributed by atoms with Crippen molar-refractivity contribution in [2.75, 3.05) is 26.7 Å². The van der Waals surface area contributed by atoms with Crippen molar-refractivity contribution in [3.63, 3.8) is 0 Å². The van der Waals surface area contributed by atoms with E-state index in [1.54, 1.807) is 0 Å². The summed E-state index contributed by atoms with van der Waals surface area (Å²) in [5.74, 6) is -0.269. The van der Waals surface area contributed by atoms with E-state index in [1.807, 2.05) is 24.3 Å². The molecule has 3 rings (SSSR count). The van der Waals surface area contributed by atoms with Crippen LogP contribution < -0.4 is 0 Å². The van der Waals surface area contributed by atoms with Crippen molar-refractivity contribution in [1.82, 2.24) is 9.80 Å². The van der Waals surface area contributed by atoms with Crippen LogP contribution in [0.5, 0.6) is 0 Å². The van der Waals surface area contributed by atoms with Gasteiger partial charge >= 0.3 is 5.97 Å². The van der Waals surface area contributed by atoms with Crippen molar-refractivity contribution >= 4 is 5.97 Å². The predicted octanol–water partition coefficient (Wildman–Crippen LogP) is 2.14. The van der Waals surface area contributed by atoms with Crippen molar-refractivity contribution in [3.8, 4) is 0 Å². The van der Waals surface area contributed by atoms with Crippen molar-refractivity contribution < 1.29 is 9.53 Å². The fourth-order valence-electron chi connectivity index (χ4n) is 3.57. The molecule has 0 aromatic heterocycles. The van der Waals surface area contributed by atoms with Gasteiger partial charge in [0, 0.05) is 31.7 Å². The molecule has 4 nitrogen and oxygen atoms in total. The number of benzene rings is 1. The van der Waals surface area contributed by atoms with Crippen LogP contribution in [-0.2, 0) is 11.3 Å². The van der Waals surface area contributed by atoms with Crippen LogP contribution in [0.1, 0.15) is 35.7 Å². The number of rotatable bonds is 3. The number of carbonyl (C=O) groups excluding carboxylic acids is 1. The van der Waals surface area contributed by atoms with Crippen molar-refractivity contribution in [2.24, 2.45) is 0 Å². The molecule has 0 saturated carbocycles. The number of hydrogen-bond acceptors (Lipinski definition) is 4. The third-order valence-electron chi connectivity index (χ3n) is 4.83. The van der Waals surface area contributed by atoms with Crippen LogP contribution in [-0.4, -0.2) is 54.6 Å². The van der Waals surface area contributed by atoms with Crippen molar-refractivity contribution in [1.29, 1.82) is 0 Å². The second-order valence-electron chi connectivity index (χ2n) is 6.26. The zero-order chi connectivity index (χ0) is 14.8. The second-order valence-corrected chi connectivity index (χ2v) is 6.26. The molecule has 2 saturated heterocycles. The van der Waals surface area contributed by atoms with Crippen LogP contribution in [0, 0.1) is 0 Å². The average molecular weight is 288 g/mol. The maximum absolute atomic E-state index is 11.5. The monoisotopic (exact) mass is 288 g/mol. The molecule has 2 heterocycles. The molecule has 1 aromatic rings. The Bertz CT molecular complexity index is 500. The summed E-state index contributed by atoms with van der Waals surface area (Å²) in [6, 6.07) is 9.14. The van der Waals surface area contributed by atoms with Crippen LogP contribution in [0.3, 0.4) is 0 Å². The Morgan fingerprint density at radius 1 is 1.29 bits per heavy atom. The average Bonchev–Trinajstić information content (AvgIpc) is 2.94. The van der Waals surface area contributed by atoms with E-state index in [0.29, 0.717) is 11.6 Å². The molecule has 0 spiro atoms. The number of carbonyl (C=O) groups is 1. The first-order valence-corrected chi connectivity index (χ1v) is 7.82. The molecule has 21 heavy (non-hydrogen) atoms. The smallest absolute Gasteiger partial charge is 0.337 e. The summed E-state index contributed by atoms with van der Waals surface area (Å²) in [6.45, 7) is 6.91. The summed E-state index contributed by atoms with van der Waals surface area (Å²) < 4.78 is 4.74. The van der Waals surface area contributed by atoms with Gasteiger partial charge in [0.1, 0.15) is 0 Å². The first-order chi connectivity index (χ1) is 10.2. The zero-order valence-electron chi connectivity index (χ0n) is 12.9. The highest BCUT2D eigenvalue weighted by molar-refractivity contribution is 5.89. The van der Waals surface area contributed by atoms with Gasteiger partial charge in [0.15, 0.2) is 0 Å². The van der Waals surface area contributed by atoms with E-state index in [-0.39, 0.29) is 5.97 Å². The van der Waals surface area contributed by atoms with E-state index >= 15 is 0 Å². The maximum atomic E-state index is 11.5. The Kier molecular flexibility index (Phi) is 4.27. The van der Waals surface area contributed by atoms with Crippen molar-refractivity contribution in [2.45, 2.75) is 38.4 Å². The van der Waals surface area contributed by atoms with E-state index in [0.717, 1.165) is 12.6 Å². The van der Waals surface area contributed by atoms with Gasteiger partial charge in [-0.2, -0.15) is 0 Å². The molecule has 0 aliphatic carbocycles. The van der Waals surface area contributed by atoms with Gasteiger partial charge in [-0.05, 0) is 44.0 Å². The highest BCUT2D eigenvalue weighted by atomic mass is 16.5. The highest BCUT2D eigenvalue weighted by Gasteiger charge is 2.34. The van der Waals surface area contributed by atoms with E-state index in [9.17, 15) is 4.79 Å². The van der Waals surface area contributed by atoms with Gasteiger partial charge in [0.2, 0.25) is 0 Å². The number of piperazine rings is 1. The summed E-state index contributed by atoms with van der Waals surface area (Å²) in [5, 5.41) is 0. The van der Waals surface area contributed by atoms with Crippen molar-refractivity contribution in [3.05, 3.63) is 35.4 Å². The van der Waals surface area contributed by atoms with Gasteiger partial charge in [-0.3, -0.25) is 9.80 Å². The number of methoxy groups -OCH3 is 1. The molecule has 1 unspecified atom stereocenters. The van der Waals surface area contributed by atoms with Crippen LogP contribution in [0.15, 0.2) is 24.3 Å². The Labute approximate surface area is 126 Å². The topological polar surface area (TPSA) is 32.8 Å². The third kappa shape index (κ3) is 3.11. The number of ether oxygens (including phenoxy) is 1. The van der Waals surface area contributed by atoms with E-state index in [1.165, 1.54) is 45.1 Å². The van der Waals surface area contributed by atoms with Gasteiger partial charge in [0.05, 0.1) is 12.7 Å². The molecule has 0 bridgehead atoms. The molecule has 1 aromatic carbocycles. The summed E-state index contributed by atoms with van der Waals surface area (Å²) in [6.07, 6.45) is 2.68. The van der Waals surface area contributed by atoms with Gasteiger partial charge in [-0.1, -0.05) is 12.1 Å². The van der Waals surface area contributed by atoms with Gasteiger partial charge < -0.3 is 4.74 Å². The first-order valence-electron chi connectivity index (χ1n) is 7.82. The zero-order valence-corrected chi connectivity index (χ0v) is 12.9. The minimum absolute atomic E-state index is 0.269. The van der Waals surface area contributed by atoms with Crippen LogP contribution >= 0.6 is 0 Å². The van der Waals surface area contributed by atoms with Crippen LogP contribution in [0.2, 0.25) is 0 Å². The Morgan fingerprint density at radius 3 is 2.76 bits per heavy atom. The fourth-order valence-corrected chi connectivity index (χ4v) is 3.57. The minimum Gasteiger partial charge on any atom is -0.465 e. The number of hydrogen-bond donors (Lipinski definition) is 0. The lowest BCUT2D eigenvalue weighted by Gasteiger charge is -2.42. The molecule has 114 valence electrons. The number of esters is 1. The molecular weight excluding hydrogens is 264 g/mol. The number of fused-ring (bicyclic) bond motifs is 1. The molecule has 2 atom stereocenters. The van der Waals surface area contributed by atoms with E-state index in [2.05, 4.69) is 16.7 Å². The van der Waals surface area contributed by atoms with E-state index < -0.39 is 0 Å². The molecule has 0 N–H and O–H groups in total. The molecule has 2 aliphatic heterocycles. The first kappa shape index (κ1) is 14.5. The lowest BCUT2D eigenvalue weighted by Crippen LogP contribution is -2.54. The Balaban J connectivity index is 1.64. The summed E-state index contributed by atoms with van der Waals surface area (Å²) >= 11 is 0. The summed E-state index contributed by atoms with van der Waals surface area (Å²) in [4.78, 5) is 16.7. The molecule has 2 aliphatic rings. The highest BCUT2D eigenvalue weighted by Crippen LogP contribution is 2.25. The van der Waals surface area contributed by atoms with E-state index in [4.69, 9.17) is 4.74 Å². The van der Waals surface area contributed by atoms with Crippen LogP contribution in [0.25, 0.3) is 0 Å². The molecule has 4 heteroatoms. The van der Waals surface area contributed by atoms with Gasteiger partial charge in [0.25, 0.3) is 0 Å². The second kappa shape index (κ2) is 6.16. The molecule has 2 fully saturated rings. The summed E-state index contributed by atoms with van der Waals surface area (Å²) in [5.41, 5.74) is 1.89. The molecule has 0 radical (unpaired) electrons. The predicted molar refractivity (Wildman–Crippen MR) is 82.2 cm³/mol. The fraction of sp³-hybridized carbons (Fsp3) is 0.588. The normalized spacial score (nSPS) is 26.6. The third-order valence-corrected chi connectivity index (χ3v) is 4.83. The minimum atomic E-state index is -0.269.